The maximum absolute atomic E-state index is 13.1. The molecule has 0 saturated heterocycles. The van der Waals surface area contributed by atoms with Crippen molar-refractivity contribution in [1.29, 1.82) is 0 Å². The van der Waals surface area contributed by atoms with Crippen LogP contribution in [0.1, 0.15) is 18.9 Å². The van der Waals surface area contributed by atoms with Crippen molar-refractivity contribution in [3.63, 3.8) is 0 Å². The van der Waals surface area contributed by atoms with Gasteiger partial charge in [-0.25, -0.2) is 4.39 Å². The highest BCUT2D eigenvalue weighted by atomic mass is 19.1. The first-order chi connectivity index (χ1) is 8.67. The molecule has 0 aromatic heterocycles. The van der Waals surface area contributed by atoms with E-state index in [9.17, 15) is 9.50 Å². The first kappa shape index (κ1) is 14.9. The number of rotatable bonds is 8. The van der Waals surface area contributed by atoms with Gasteiger partial charge in [-0.15, -0.1) is 0 Å². The third-order valence-electron chi connectivity index (χ3n) is 2.41. The van der Waals surface area contributed by atoms with Crippen molar-refractivity contribution < 1.29 is 19.3 Å². The van der Waals surface area contributed by atoms with Gasteiger partial charge in [-0.3, -0.25) is 0 Å². The van der Waals surface area contributed by atoms with Crippen molar-refractivity contribution >= 4 is 0 Å². The summed E-state index contributed by atoms with van der Waals surface area (Å²) in [6, 6.07) is 4.25. The molecule has 0 spiro atoms. The van der Waals surface area contributed by atoms with Gasteiger partial charge in [0, 0.05) is 12.1 Å². The first-order valence-corrected chi connectivity index (χ1v) is 6.08. The zero-order valence-corrected chi connectivity index (χ0v) is 10.5. The van der Waals surface area contributed by atoms with Gasteiger partial charge in [0.2, 0.25) is 0 Å². The first-order valence-electron chi connectivity index (χ1n) is 6.08. The summed E-state index contributed by atoms with van der Waals surface area (Å²) in [6.07, 6.45) is 0.0702. The Morgan fingerprint density at radius 3 is 2.89 bits per heavy atom. The summed E-state index contributed by atoms with van der Waals surface area (Å²) in [4.78, 5) is 0. The molecule has 0 heterocycles. The highest BCUT2D eigenvalue weighted by molar-refractivity contribution is 5.34. The quantitative estimate of drug-likeness (QED) is 0.609. The van der Waals surface area contributed by atoms with E-state index in [1.54, 1.807) is 0 Å². The maximum Gasteiger partial charge on any atom is 0.124 e. The van der Waals surface area contributed by atoms with Gasteiger partial charge >= 0.3 is 0 Å². The molecule has 1 unspecified atom stereocenters. The number of ether oxygens (including phenoxy) is 1. The second-order valence-electron chi connectivity index (χ2n) is 4.08. The SMILES string of the molecule is CCCNCc1cc(F)ccc1OCC(O)CO. The van der Waals surface area contributed by atoms with E-state index in [1.165, 1.54) is 18.2 Å². The molecule has 0 amide bonds. The molecular weight excluding hydrogens is 237 g/mol. The number of aliphatic hydroxyl groups excluding tert-OH is 2. The average Bonchev–Trinajstić information content (AvgIpc) is 2.37. The summed E-state index contributed by atoms with van der Waals surface area (Å²) in [5, 5.41) is 21.1. The molecule has 5 heteroatoms. The predicted molar refractivity (Wildman–Crippen MR) is 67.0 cm³/mol. The largest absolute Gasteiger partial charge is 0.490 e. The fourth-order valence-electron chi connectivity index (χ4n) is 1.47. The van der Waals surface area contributed by atoms with E-state index in [0.29, 0.717) is 17.9 Å². The molecule has 0 saturated carbocycles. The molecule has 1 atom stereocenters. The van der Waals surface area contributed by atoms with Crippen molar-refractivity contribution in [2.45, 2.75) is 26.0 Å². The van der Waals surface area contributed by atoms with E-state index in [4.69, 9.17) is 9.84 Å². The van der Waals surface area contributed by atoms with Gasteiger partial charge in [0.1, 0.15) is 24.3 Å². The van der Waals surface area contributed by atoms with E-state index in [1.807, 2.05) is 6.92 Å². The van der Waals surface area contributed by atoms with Crippen LogP contribution in [0, 0.1) is 5.82 Å². The zero-order valence-electron chi connectivity index (χ0n) is 10.5. The van der Waals surface area contributed by atoms with E-state index >= 15 is 0 Å². The molecule has 1 rings (SSSR count). The lowest BCUT2D eigenvalue weighted by Crippen LogP contribution is -2.22. The standard InChI is InChI=1S/C13H20FNO3/c1-2-5-15-7-10-6-11(14)3-4-13(10)18-9-12(17)8-16/h3-4,6,12,15-17H,2,5,7-9H2,1H3. The van der Waals surface area contributed by atoms with Crippen molar-refractivity contribution in [2.75, 3.05) is 19.8 Å². The monoisotopic (exact) mass is 257 g/mol. The van der Waals surface area contributed by atoms with Gasteiger partial charge in [0.05, 0.1) is 6.61 Å². The second kappa shape index (κ2) is 8.02. The minimum Gasteiger partial charge on any atom is -0.490 e. The fourth-order valence-corrected chi connectivity index (χ4v) is 1.47. The van der Waals surface area contributed by atoms with Crippen LogP contribution in [0.2, 0.25) is 0 Å². The Morgan fingerprint density at radius 1 is 1.44 bits per heavy atom. The smallest absolute Gasteiger partial charge is 0.124 e. The zero-order chi connectivity index (χ0) is 13.4. The highest BCUT2D eigenvalue weighted by Gasteiger charge is 2.08. The third-order valence-corrected chi connectivity index (χ3v) is 2.41. The lowest BCUT2D eigenvalue weighted by molar-refractivity contribution is 0.0532. The van der Waals surface area contributed by atoms with Crippen LogP contribution in [-0.4, -0.2) is 36.1 Å². The molecule has 0 aliphatic carbocycles. The Kier molecular flexibility index (Phi) is 6.64. The van der Waals surface area contributed by atoms with E-state index in [2.05, 4.69) is 5.32 Å². The summed E-state index contributed by atoms with van der Waals surface area (Å²) >= 11 is 0. The van der Waals surface area contributed by atoms with Crippen LogP contribution >= 0.6 is 0 Å². The molecule has 0 aliphatic rings. The molecule has 0 aliphatic heterocycles. The molecule has 18 heavy (non-hydrogen) atoms. The lowest BCUT2D eigenvalue weighted by atomic mass is 10.2. The Morgan fingerprint density at radius 2 is 2.22 bits per heavy atom. The van der Waals surface area contributed by atoms with Crippen LogP contribution in [0.25, 0.3) is 0 Å². The Hall–Kier alpha value is -1.17. The Labute approximate surface area is 106 Å². The summed E-state index contributed by atoms with van der Waals surface area (Å²) in [5.41, 5.74) is 0.702. The van der Waals surface area contributed by atoms with Gasteiger partial charge in [0.25, 0.3) is 0 Å². The topological polar surface area (TPSA) is 61.7 Å². The van der Waals surface area contributed by atoms with Crippen LogP contribution in [0.5, 0.6) is 5.75 Å². The number of nitrogens with one attached hydrogen (secondary N) is 1. The molecule has 0 bridgehead atoms. The highest BCUT2D eigenvalue weighted by Crippen LogP contribution is 2.19. The van der Waals surface area contributed by atoms with Crippen LogP contribution in [-0.2, 0) is 6.54 Å². The van der Waals surface area contributed by atoms with Gasteiger partial charge < -0.3 is 20.3 Å². The van der Waals surface area contributed by atoms with Crippen LogP contribution < -0.4 is 10.1 Å². The fraction of sp³-hybridized carbons (Fsp3) is 0.538. The van der Waals surface area contributed by atoms with Gasteiger partial charge in [-0.1, -0.05) is 6.92 Å². The van der Waals surface area contributed by atoms with Crippen molar-refractivity contribution in [3.05, 3.63) is 29.6 Å². The molecule has 102 valence electrons. The number of benzene rings is 1. The minimum absolute atomic E-state index is 0.0110. The molecule has 0 radical (unpaired) electrons. The minimum atomic E-state index is -0.925. The van der Waals surface area contributed by atoms with E-state index in [0.717, 1.165) is 13.0 Å². The van der Waals surface area contributed by atoms with Crippen molar-refractivity contribution in [3.8, 4) is 5.75 Å². The average molecular weight is 257 g/mol. The number of hydrogen-bond donors (Lipinski definition) is 3. The van der Waals surface area contributed by atoms with Gasteiger partial charge in [-0.05, 0) is 31.2 Å². The number of aliphatic hydroxyl groups is 2. The second-order valence-corrected chi connectivity index (χ2v) is 4.08. The number of halogens is 1. The molecule has 0 fully saturated rings. The summed E-state index contributed by atoms with van der Waals surface area (Å²) in [5.74, 6) is 0.200. The van der Waals surface area contributed by atoms with Crippen LogP contribution in [0.4, 0.5) is 4.39 Å². The summed E-state index contributed by atoms with van der Waals surface area (Å²) < 4.78 is 18.5. The molecule has 4 nitrogen and oxygen atoms in total. The van der Waals surface area contributed by atoms with E-state index in [-0.39, 0.29) is 19.0 Å². The van der Waals surface area contributed by atoms with Crippen LogP contribution in [0.15, 0.2) is 18.2 Å². The number of hydrogen-bond acceptors (Lipinski definition) is 4. The van der Waals surface area contributed by atoms with Crippen LogP contribution in [0.3, 0.4) is 0 Å². The Balaban J connectivity index is 2.63. The van der Waals surface area contributed by atoms with Gasteiger partial charge in [-0.2, -0.15) is 0 Å². The predicted octanol–water partition coefficient (Wildman–Crippen LogP) is 1.06. The molecule has 3 N–H and O–H groups in total. The summed E-state index contributed by atoms with van der Waals surface area (Å²) in [6.45, 7) is 3.03. The molecular formula is C13H20FNO3. The van der Waals surface area contributed by atoms with Gasteiger partial charge in [0.15, 0.2) is 0 Å². The summed E-state index contributed by atoms with van der Waals surface area (Å²) in [7, 11) is 0. The van der Waals surface area contributed by atoms with Crippen molar-refractivity contribution in [1.82, 2.24) is 5.32 Å². The molecule has 1 aromatic carbocycles. The van der Waals surface area contributed by atoms with Crippen molar-refractivity contribution in [2.24, 2.45) is 0 Å². The Bertz CT molecular complexity index is 360. The third kappa shape index (κ3) is 5.00. The van der Waals surface area contributed by atoms with E-state index < -0.39 is 6.10 Å². The maximum atomic E-state index is 13.1. The normalized spacial score (nSPS) is 12.4. The lowest BCUT2D eigenvalue weighted by Gasteiger charge is -2.14. The molecule has 1 aromatic rings.